The predicted molar refractivity (Wildman–Crippen MR) is 86.6 cm³/mol. The fourth-order valence-corrected chi connectivity index (χ4v) is 2.20. The van der Waals surface area contributed by atoms with E-state index >= 15 is 0 Å². The molecule has 3 aromatic rings. The van der Waals surface area contributed by atoms with Crippen molar-refractivity contribution in [2.45, 2.75) is 12.8 Å². The Morgan fingerprint density at radius 1 is 1.07 bits per heavy atom. The molecule has 0 aliphatic carbocycles. The fourth-order valence-electron chi connectivity index (χ4n) is 2.20. The van der Waals surface area contributed by atoms with Crippen LogP contribution in [0.25, 0.3) is 11.5 Å². The average molecular weight is 398 g/mol. The first-order chi connectivity index (χ1) is 13.3. The van der Waals surface area contributed by atoms with E-state index in [1.54, 1.807) is 0 Å². The second kappa shape index (κ2) is 7.62. The Kier molecular flexibility index (Phi) is 5.25. The van der Waals surface area contributed by atoms with Gasteiger partial charge in [-0.15, -0.1) is 10.2 Å². The lowest BCUT2D eigenvalue weighted by Gasteiger charge is -2.09. The molecule has 0 atom stereocenters. The molecule has 146 valence electrons. The molecule has 2 aromatic carbocycles. The minimum Gasteiger partial charge on any atom is -0.417 e. The molecule has 2 N–H and O–H groups in total. The zero-order valence-corrected chi connectivity index (χ0v) is 13.9. The summed E-state index contributed by atoms with van der Waals surface area (Å²) in [4.78, 5) is 4.88. The largest absolute Gasteiger partial charge is 0.417 e. The average Bonchev–Trinajstić information content (AvgIpc) is 3.12. The van der Waals surface area contributed by atoms with Crippen molar-refractivity contribution in [2.75, 3.05) is 0 Å². The number of rotatable bonds is 5. The van der Waals surface area contributed by atoms with E-state index in [2.05, 4.69) is 15.4 Å². The van der Waals surface area contributed by atoms with Gasteiger partial charge in [0, 0.05) is 5.56 Å². The number of halogens is 5. The molecule has 0 fully saturated rings. The number of oxime groups is 1. The molecule has 0 saturated heterocycles. The lowest BCUT2D eigenvalue weighted by molar-refractivity contribution is -0.137. The van der Waals surface area contributed by atoms with Crippen molar-refractivity contribution >= 4 is 5.84 Å². The van der Waals surface area contributed by atoms with Crippen LogP contribution in [0.5, 0.6) is 0 Å². The zero-order valence-electron chi connectivity index (χ0n) is 13.9. The molecule has 0 spiro atoms. The summed E-state index contributed by atoms with van der Waals surface area (Å²) in [6, 6.07) is 7.62. The topological polar surface area (TPSA) is 86.5 Å². The van der Waals surface area contributed by atoms with Crippen molar-refractivity contribution < 1.29 is 31.2 Å². The highest BCUT2D eigenvalue weighted by Gasteiger charge is 2.34. The van der Waals surface area contributed by atoms with E-state index in [0.717, 1.165) is 18.2 Å². The van der Waals surface area contributed by atoms with Crippen molar-refractivity contribution in [1.29, 1.82) is 0 Å². The Labute approximate surface area is 154 Å². The van der Waals surface area contributed by atoms with Gasteiger partial charge in [0.25, 0.3) is 5.89 Å². The van der Waals surface area contributed by atoms with E-state index in [-0.39, 0.29) is 28.7 Å². The van der Waals surface area contributed by atoms with Gasteiger partial charge in [-0.2, -0.15) is 13.2 Å². The molecule has 0 aliphatic rings. The number of nitrogens with zero attached hydrogens (tertiary/aromatic N) is 3. The molecule has 0 amide bonds. The Morgan fingerprint density at radius 2 is 1.82 bits per heavy atom. The van der Waals surface area contributed by atoms with Crippen LogP contribution in [0.1, 0.15) is 17.0 Å². The molecule has 0 saturated carbocycles. The Morgan fingerprint density at radius 3 is 2.54 bits per heavy atom. The van der Waals surface area contributed by atoms with Crippen LogP contribution in [0, 0.1) is 11.6 Å². The quantitative estimate of drug-likeness (QED) is 0.305. The first-order valence-electron chi connectivity index (χ1n) is 7.65. The van der Waals surface area contributed by atoms with Crippen molar-refractivity contribution in [3.63, 3.8) is 0 Å². The van der Waals surface area contributed by atoms with Crippen LogP contribution in [0.2, 0.25) is 0 Å². The molecule has 6 nitrogen and oxygen atoms in total. The molecule has 0 bridgehead atoms. The summed E-state index contributed by atoms with van der Waals surface area (Å²) in [5.74, 6) is -2.91. The molecular weight excluding hydrogens is 387 g/mol. The van der Waals surface area contributed by atoms with Crippen molar-refractivity contribution in [3.05, 3.63) is 71.1 Å². The number of hydrogen-bond donors (Lipinski definition) is 1. The van der Waals surface area contributed by atoms with Gasteiger partial charge in [0.05, 0.1) is 11.1 Å². The molecule has 0 radical (unpaired) electrons. The van der Waals surface area contributed by atoms with Crippen molar-refractivity contribution in [3.8, 4) is 11.5 Å². The molecule has 0 aliphatic heterocycles. The predicted octanol–water partition coefficient (Wildman–Crippen LogP) is 3.87. The number of nitrogens with two attached hydrogens (primary N) is 1. The summed E-state index contributed by atoms with van der Waals surface area (Å²) in [5.41, 5.74) is 4.46. The van der Waals surface area contributed by atoms with Gasteiger partial charge in [0.1, 0.15) is 0 Å². The van der Waals surface area contributed by atoms with Crippen LogP contribution in [0.4, 0.5) is 22.0 Å². The second-order valence-electron chi connectivity index (χ2n) is 5.42. The molecule has 11 heteroatoms. The molecule has 1 heterocycles. The van der Waals surface area contributed by atoms with Crippen LogP contribution in [-0.2, 0) is 17.6 Å². The Bertz CT molecular complexity index is 1020. The molecule has 1 aromatic heterocycles. The number of aromatic nitrogens is 2. The summed E-state index contributed by atoms with van der Waals surface area (Å²) < 4.78 is 70.4. The smallest absolute Gasteiger partial charge is 0.417 e. The fraction of sp³-hybridized carbons (Fsp3) is 0.118. The van der Waals surface area contributed by atoms with Crippen LogP contribution in [-0.4, -0.2) is 16.0 Å². The van der Waals surface area contributed by atoms with Crippen LogP contribution in [0.3, 0.4) is 0 Å². The monoisotopic (exact) mass is 398 g/mol. The van der Waals surface area contributed by atoms with Crippen LogP contribution >= 0.6 is 0 Å². The molecular formula is C17H11F5N4O2. The minimum atomic E-state index is -4.59. The highest BCUT2D eigenvalue weighted by atomic mass is 19.4. The summed E-state index contributed by atoms with van der Waals surface area (Å²) >= 11 is 0. The number of benzene rings is 2. The first kappa shape index (κ1) is 19.3. The van der Waals surface area contributed by atoms with E-state index in [4.69, 9.17) is 15.0 Å². The van der Waals surface area contributed by atoms with Crippen LogP contribution in [0.15, 0.2) is 52.0 Å². The standard InChI is InChI=1S/C17H11F5N4O2/c18-12-6-5-9(7-13(12)19)15(23)26-27-8-14-24-25-16(28-14)10-3-1-2-4-11(10)17(20,21)22/h1-7H,8H2,(H2,23,26). The number of amidine groups is 1. The third-order valence-corrected chi connectivity index (χ3v) is 3.50. The normalized spacial score (nSPS) is 12.2. The summed E-state index contributed by atoms with van der Waals surface area (Å²) in [7, 11) is 0. The van der Waals surface area contributed by atoms with Gasteiger partial charge < -0.3 is 15.0 Å². The van der Waals surface area contributed by atoms with Gasteiger partial charge in [0.15, 0.2) is 24.1 Å². The van der Waals surface area contributed by atoms with Gasteiger partial charge in [0.2, 0.25) is 5.89 Å². The van der Waals surface area contributed by atoms with E-state index in [1.807, 2.05) is 0 Å². The number of hydrogen-bond acceptors (Lipinski definition) is 5. The van der Waals surface area contributed by atoms with E-state index in [0.29, 0.717) is 0 Å². The highest BCUT2D eigenvalue weighted by Crippen LogP contribution is 2.36. The summed E-state index contributed by atoms with van der Waals surface area (Å²) in [5, 5.41) is 10.6. The third kappa shape index (κ3) is 4.24. The lowest BCUT2D eigenvalue weighted by atomic mass is 10.1. The molecule has 0 unspecified atom stereocenters. The summed E-state index contributed by atoms with van der Waals surface area (Å²) in [6.07, 6.45) is -4.59. The maximum absolute atomic E-state index is 13.2. The third-order valence-electron chi connectivity index (χ3n) is 3.50. The SMILES string of the molecule is N/C(=N\OCc1nnc(-c2ccccc2C(F)(F)F)o1)c1ccc(F)c(F)c1. The highest BCUT2D eigenvalue weighted by molar-refractivity contribution is 5.97. The molecule has 28 heavy (non-hydrogen) atoms. The lowest BCUT2D eigenvalue weighted by Crippen LogP contribution is -2.14. The minimum absolute atomic E-state index is 0.0734. The summed E-state index contributed by atoms with van der Waals surface area (Å²) in [6.45, 7) is -0.397. The van der Waals surface area contributed by atoms with Gasteiger partial charge in [-0.25, -0.2) is 8.78 Å². The van der Waals surface area contributed by atoms with Gasteiger partial charge in [-0.1, -0.05) is 17.3 Å². The zero-order chi connectivity index (χ0) is 20.3. The van der Waals surface area contributed by atoms with Crippen molar-refractivity contribution in [2.24, 2.45) is 10.9 Å². The maximum Gasteiger partial charge on any atom is 0.417 e. The van der Waals surface area contributed by atoms with Gasteiger partial charge >= 0.3 is 6.18 Å². The Hall–Kier alpha value is -3.50. The maximum atomic E-state index is 13.2. The van der Waals surface area contributed by atoms with Gasteiger partial charge in [-0.05, 0) is 30.3 Å². The second-order valence-corrected chi connectivity index (χ2v) is 5.42. The van der Waals surface area contributed by atoms with Crippen molar-refractivity contribution in [1.82, 2.24) is 10.2 Å². The van der Waals surface area contributed by atoms with E-state index in [9.17, 15) is 22.0 Å². The molecule has 3 rings (SSSR count). The van der Waals surface area contributed by atoms with E-state index in [1.165, 1.54) is 24.3 Å². The first-order valence-corrected chi connectivity index (χ1v) is 7.65. The number of alkyl halides is 3. The van der Waals surface area contributed by atoms with Gasteiger partial charge in [-0.3, -0.25) is 0 Å². The Balaban J connectivity index is 1.71. The van der Waals surface area contributed by atoms with E-state index < -0.39 is 30.0 Å². The van der Waals surface area contributed by atoms with Crippen LogP contribution < -0.4 is 5.73 Å².